The number of rotatable bonds is 6. The highest BCUT2D eigenvalue weighted by Crippen LogP contribution is 2.24. The van der Waals surface area contributed by atoms with Gasteiger partial charge in [-0.25, -0.2) is 12.7 Å². The fourth-order valence-corrected chi connectivity index (χ4v) is 4.32. The van der Waals surface area contributed by atoms with Crippen molar-refractivity contribution in [1.82, 2.24) is 14.9 Å². The Balaban J connectivity index is 1.81. The van der Waals surface area contributed by atoms with E-state index in [-0.39, 0.29) is 11.4 Å². The van der Waals surface area contributed by atoms with Crippen molar-refractivity contribution in [1.29, 1.82) is 0 Å². The van der Waals surface area contributed by atoms with Crippen LogP contribution in [0.1, 0.15) is 33.1 Å². The maximum atomic E-state index is 11.7. The Morgan fingerprint density at radius 1 is 1.36 bits per heavy atom. The Morgan fingerprint density at radius 3 is 2.77 bits per heavy atom. The minimum absolute atomic E-state index is 0.166. The van der Waals surface area contributed by atoms with E-state index in [2.05, 4.69) is 22.5 Å². The highest BCUT2D eigenvalue weighted by molar-refractivity contribution is 7.89. The van der Waals surface area contributed by atoms with Crippen molar-refractivity contribution >= 4 is 16.0 Å². The van der Waals surface area contributed by atoms with Gasteiger partial charge in [0, 0.05) is 32.8 Å². The van der Waals surface area contributed by atoms with Crippen LogP contribution in [0.25, 0.3) is 0 Å². The molecule has 8 heteroatoms. The zero-order valence-corrected chi connectivity index (χ0v) is 14.4. The second-order valence-electron chi connectivity index (χ2n) is 6.09. The molecule has 2 aliphatic rings. The predicted molar refractivity (Wildman–Crippen MR) is 87.5 cm³/mol. The Hall–Kier alpha value is -0.860. The van der Waals surface area contributed by atoms with Crippen molar-refractivity contribution in [2.45, 2.75) is 38.7 Å². The molecule has 128 valence electrons. The molecule has 0 aliphatic carbocycles. The zero-order valence-electron chi connectivity index (χ0n) is 13.6. The Kier molecular flexibility index (Phi) is 6.05. The molecule has 0 bridgehead atoms. The topological polar surface area (TPSA) is 83.0 Å². The molecule has 0 amide bonds. The average molecular weight is 332 g/mol. The summed E-state index contributed by atoms with van der Waals surface area (Å²) in [5.74, 6) is 0.993. The first-order valence-corrected chi connectivity index (χ1v) is 9.70. The van der Waals surface area contributed by atoms with E-state index in [0.717, 1.165) is 38.4 Å². The van der Waals surface area contributed by atoms with Gasteiger partial charge in [0.05, 0.1) is 17.9 Å². The van der Waals surface area contributed by atoms with E-state index in [1.54, 1.807) is 4.31 Å². The van der Waals surface area contributed by atoms with E-state index < -0.39 is 10.0 Å². The first kappa shape index (κ1) is 17.5. The van der Waals surface area contributed by atoms with Crippen LogP contribution in [0.2, 0.25) is 0 Å². The molecule has 1 unspecified atom stereocenters. The van der Waals surface area contributed by atoms with Crippen molar-refractivity contribution in [3.63, 3.8) is 0 Å². The summed E-state index contributed by atoms with van der Waals surface area (Å²) in [6.45, 7) is 7.96. The summed E-state index contributed by atoms with van der Waals surface area (Å²) in [5, 5.41) is 6.39. The standard InChI is InChI=1S/C14H28N4O3S/c1-3-15-13(17-12-14(2)6-4-10-21-14)16-7-9-18-8-5-11-22(18,19)20/h3-12H2,1-2H3,(H2,15,16,17). The molecule has 1 atom stereocenters. The molecule has 2 N–H and O–H groups in total. The first-order valence-electron chi connectivity index (χ1n) is 8.09. The Bertz CT molecular complexity index is 486. The van der Waals surface area contributed by atoms with Crippen molar-refractivity contribution in [2.75, 3.05) is 45.1 Å². The van der Waals surface area contributed by atoms with Crippen LogP contribution in [0.3, 0.4) is 0 Å². The zero-order chi connectivity index (χ0) is 16.1. The third kappa shape index (κ3) is 4.82. The lowest BCUT2D eigenvalue weighted by Gasteiger charge is -2.22. The number of ether oxygens (including phenoxy) is 1. The van der Waals surface area contributed by atoms with Gasteiger partial charge in [-0.1, -0.05) is 0 Å². The molecule has 2 heterocycles. The highest BCUT2D eigenvalue weighted by atomic mass is 32.2. The van der Waals surface area contributed by atoms with Crippen molar-refractivity contribution < 1.29 is 13.2 Å². The summed E-state index contributed by atoms with van der Waals surface area (Å²) < 4.78 is 30.8. The molecule has 2 aliphatic heterocycles. The van der Waals surface area contributed by atoms with Crippen LogP contribution in [-0.2, 0) is 14.8 Å². The van der Waals surface area contributed by atoms with E-state index in [4.69, 9.17) is 4.74 Å². The molecular formula is C14H28N4O3S. The monoisotopic (exact) mass is 332 g/mol. The van der Waals surface area contributed by atoms with Gasteiger partial charge in [-0.05, 0) is 33.1 Å². The molecule has 2 fully saturated rings. The molecule has 0 radical (unpaired) electrons. The first-order chi connectivity index (χ1) is 10.5. The predicted octanol–water partition coefficient (Wildman–Crippen LogP) is 0.146. The Labute approximate surface area is 133 Å². The minimum Gasteiger partial charge on any atom is -0.373 e. The van der Waals surface area contributed by atoms with Gasteiger partial charge in [0.1, 0.15) is 0 Å². The maximum absolute atomic E-state index is 11.7. The minimum atomic E-state index is -3.02. The largest absolute Gasteiger partial charge is 0.373 e. The molecule has 22 heavy (non-hydrogen) atoms. The summed E-state index contributed by atoms with van der Waals surface area (Å²) in [5.41, 5.74) is -0.166. The molecule has 0 aromatic rings. The number of sulfonamides is 1. The van der Waals surface area contributed by atoms with Gasteiger partial charge in [0.2, 0.25) is 10.0 Å². The van der Waals surface area contributed by atoms with Crippen LogP contribution in [0, 0.1) is 0 Å². The molecular weight excluding hydrogens is 304 g/mol. The number of nitrogens with one attached hydrogen (secondary N) is 2. The number of guanidine groups is 1. The Morgan fingerprint density at radius 2 is 2.18 bits per heavy atom. The van der Waals surface area contributed by atoms with E-state index in [1.165, 1.54) is 0 Å². The fourth-order valence-electron chi connectivity index (χ4n) is 2.79. The maximum Gasteiger partial charge on any atom is 0.214 e. The van der Waals surface area contributed by atoms with Gasteiger partial charge in [0.15, 0.2) is 5.96 Å². The van der Waals surface area contributed by atoms with Gasteiger partial charge >= 0.3 is 0 Å². The van der Waals surface area contributed by atoms with Gasteiger partial charge in [-0.3, -0.25) is 4.99 Å². The molecule has 0 aromatic carbocycles. The van der Waals surface area contributed by atoms with Gasteiger partial charge in [-0.2, -0.15) is 0 Å². The number of hydrogen-bond donors (Lipinski definition) is 2. The van der Waals surface area contributed by atoms with E-state index in [9.17, 15) is 8.42 Å². The lowest BCUT2D eigenvalue weighted by molar-refractivity contribution is 0.0283. The van der Waals surface area contributed by atoms with Crippen LogP contribution < -0.4 is 10.6 Å². The molecule has 0 spiro atoms. The van der Waals surface area contributed by atoms with Crippen LogP contribution in [-0.4, -0.2) is 69.4 Å². The van der Waals surface area contributed by atoms with Crippen LogP contribution in [0.5, 0.6) is 0 Å². The van der Waals surface area contributed by atoms with E-state index >= 15 is 0 Å². The summed E-state index contributed by atoms with van der Waals surface area (Å²) in [6.07, 6.45) is 2.84. The van der Waals surface area contributed by atoms with Gasteiger partial charge < -0.3 is 15.4 Å². The fraction of sp³-hybridized carbons (Fsp3) is 0.929. The molecule has 0 aromatic heterocycles. The summed E-state index contributed by atoms with van der Waals surface area (Å²) in [7, 11) is -3.02. The summed E-state index contributed by atoms with van der Waals surface area (Å²) in [6, 6.07) is 0. The van der Waals surface area contributed by atoms with E-state index in [1.807, 2.05) is 6.92 Å². The van der Waals surface area contributed by atoms with Crippen LogP contribution in [0.15, 0.2) is 4.99 Å². The third-order valence-electron chi connectivity index (χ3n) is 4.07. The second kappa shape index (κ2) is 7.61. The SMILES string of the molecule is CCNC(=NCC1(C)CCCO1)NCCN1CCCS1(=O)=O. The molecule has 0 saturated carbocycles. The molecule has 2 saturated heterocycles. The number of hydrogen-bond acceptors (Lipinski definition) is 4. The van der Waals surface area contributed by atoms with Crippen molar-refractivity contribution in [3.05, 3.63) is 0 Å². The summed E-state index contributed by atoms with van der Waals surface area (Å²) >= 11 is 0. The summed E-state index contributed by atoms with van der Waals surface area (Å²) in [4.78, 5) is 4.57. The molecule has 7 nitrogen and oxygen atoms in total. The lowest BCUT2D eigenvalue weighted by atomic mass is 10.0. The molecule has 2 rings (SSSR count). The van der Waals surface area contributed by atoms with Crippen molar-refractivity contribution in [3.8, 4) is 0 Å². The third-order valence-corrected chi connectivity index (χ3v) is 6.03. The smallest absolute Gasteiger partial charge is 0.214 e. The number of nitrogens with zero attached hydrogens (tertiary/aromatic N) is 2. The van der Waals surface area contributed by atoms with Gasteiger partial charge in [0.25, 0.3) is 0 Å². The van der Waals surface area contributed by atoms with E-state index in [0.29, 0.717) is 26.2 Å². The normalized spacial score (nSPS) is 28.9. The average Bonchev–Trinajstić information content (AvgIpc) is 3.03. The van der Waals surface area contributed by atoms with Crippen molar-refractivity contribution in [2.24, 2.45) is 4.99 Å². The van der Waals surface area contributed by atoms with Crippen LogP contribution >= 0.6 is 0 Å². The van der Waals surface area contributed by atoms with Crippen LogP contribution in [0.4, 0.5) is 0 Å². The number of aliphatic imine (C=N–C) groups is 1. The highest BCUT2D eigenvalue weighted by Gasteiger charge is 2.30. The second-order valence-corrected chi connectivity index (χ2v) is 8.18. The lowest BCUT2D eigenvalue weighted by Crippen LogP contribution is -2.43. The quantitative estimate of drug-likeness (QED) is 0.534. The van der Waals surface area contributed by atoms with Gasteiger partial charge in [-0.15, -0.1) is 0 Å².